The van der Waals surface area contributed by atoms with Gasteiger partial charge < -0.3 is 10.2 Å². The van der Waals surface area contributed by atoms with Gasteiger partial charge in [0.2, 0.25) is 0 Å². The fourth-order valence-electron chi connectivity index (χ4n) is 3.63. The molecule has 0 bridgehead atoms. The van der Waals surface area contributed by atoms with E-state index in [-0.39, 0.29) is 0 Å². The third-order valence-electron chi connectivity index (χ3n) is 4.79. The SMILES string of the molecule is CCC1CNC2(CCCCC2)CN1c1cncnc1. The average molecular weight is 260 g/mol. The van der Waals surface area contributed by atoms with Crippen molar-refractivity contribution in [3.8, 4) is 0 Å². The van der Waals surface area contributed by atoms with E-state index in [9.17, 15) is 0 Å². The minimum Gasteiger partial charge on any atom is -0.363 e. The van der Waals surface area contributed by atoms with Gasteiger partial charge in [-0.2, -0.15) is 0 Å². The van der Waals surface area contributed by atoms with Crippen LogP contribution in [0, 0.1) is 0 Å². The molecule has 1 atom stereocenters. The largest absolute Gasteiger partial charge is 0.363 e. The summed E-state index contributed by atoms with van der Waals surface area (Å²) < 4.78 is 0. The van der Waals surface area contributed by atoms with Crippen LogP contribution in [0.3, 0.4) is 0 Å². The van der Waals surface area contributed by atoms with E-state index in [1.54, 1.807) is 6.33 Å². The van der Waals surface area contributed by atoms with Crippen molar-refractivity contribution in [2.75, 3.05) is 18.0 Å². The highest BCUT2D eigenvalue weighted by atomic mass is 15.3. The third-order valence-corrected chi connectivity index (χ3v) is 4.79. The number of hydrogen-bond donors (Lipinski definition) is 1. The molecule has 2 fully saturated rings. The Hall–Kier alpha value is -1.16. The smallest absolute Gasteiger partial charge is 0.115 e. The molecule has 4 heteroatoms. The van der Waals surface area contributed by atoms with Crippen LogP contribution >= 0.6 is 0 Å². The molecule has 2 heterocycles. The van der Waals surface area contributed by atoms with Gasteiger partial charge in [-0.1, -0.05) is 26.2 Å². The van der Waals surface area contributed by atoms with Crippen molar-refractivity contribution in [2.45, 2.75) is 57.0 Å². The van der Waals surface area contributed by atoms with Crippen LogP contribution in [0.2, 0.25) is 0 Å². The maximum Gasteiger partial charge on any atom is 0.115 e. The highest BCUT2D eigenvalue weighted by molar-refractivity contribution is 5.44. The molecule has 1 aliphatic heterocycles. The highest BCUT2D eigenvalue weighted by Crippen LogP contribution is 2.34. The molecule has 0 aromatic carbocycles. The van der Waals surface area contributed by atoms with E-state index in [0.717, 1.165) is 19.5 Å². The molecule has 0 radical (unpaired) electrons. The van der Waals surface area contributed by atoms with Gasteiger partial charge in [0.05, 0.1) is 18.1 Å². The number of anilines is 1. The topological polar surface area (TPSA) is 41.0 Å². The molecule has 1 unspecified atom stereocenters. The van der Waals surface area contributed by atoms with Gasteiger partial charge in [0.15, 0.2) is 0 Å². The first-order chi connectivity index (χ1) is 9.33. The van der Waals surface area contributed by atoms with Crippen molar-refractivity contribution >= 4 is 5.69 Å². The second-order valence-corrected chi connectivity index (χ2v) is 6.01. The van der Waals surface area contributed by atoms with Gasteiger partial charge in [-0.05, 0) is 19.3 Å². The summed E-state index contributed by atoms with van der Waals surface area (Å²) >= 11 is 0. The Bertz CT molecular complexity index is 400. The van der Waals surface area contributed by atoms with Crippen molar-refractivity contribution in [3.63, 3.8) is 0 Å². The van der Waals surface area contributed by atoms with E-state index in [2.05, 4.69) is 27.1 Å². The van der Waals surface area contributed by atoms with E-state index >= 15 is 0 Å². The summed E-state index contributed by atoms with van der Waals surface area (Å²) in [5.74, 6) is 0. The molecule has 4 nitrogen and oxygen atoms in total. The standard InChI is InChI=1S/C15H24N4/c1-2-13-10-18-15(6-4-3-5-7-15)11-19(13)14-8-16-12-17-9-14/h8-9,12-13,18H,2-7,10-11H2,1H3. The first kappa shape index (κ1) is 12.9. The fraction of sp³-hybridized carbons (Fsp3) is 0.733. The lowest BCUT2D eigenvalue weighted by Crippen LogP contribution is -2.65. The molecule has 19 heavy (non-hydrogen) atoms. The van der Waals surface area contributed by atoms with Crippen molar-refractivity contribution in [3.05, 3.63) is 18.7 Å². The van der Waals surface area contributed by atoms with Gasteiger partial charge >= 0.3 is 0 Å². The van der Waals surface area contributed by atoms with Crippen LogP contribution < -0.4 is 10.2 Å². The lowest BCUT2D eigenvalue weighted by molar-refractivity contribution is 0.195. The van der Waals surface area contributed by atoms with Crippen LogP contribution in [0.5, 0.6) is 0 Å². The zero-order valence-corrected chi connectivity index (χ0v) is 11.8. The van der Waals surface area contributed by atoms with Crippen molar-refractivity contribution in [1.29, 1.82) is 0 Å². The Morgan fingerprint density at radius 3 is 2.68 bits per heavy atom. The maximum atomic E-state index is 4.19. The summed E-state index contributed by atoms with van der Waals surface area (Å²) in [4.78, 5) is 10.9. The van der Waals surface area contributed by atoms with Crippen LogP contribution in [0.25, 0.3) is 0 Å². The van der Waals surface area contributed by atoms with Crippen molar-refractivity contribution < 1.29 is 0 Å². The number of nitrogens with zero attached hydrogens (tertiary/aromatic N) is 3. The molecule has 1 saturated carbocycles. The molecule has 2 aliphatic rings. The summed E-state index contributed by atoms with van der Waals surface area (Å²) in [5.41, 5.74) is 1.51. The number of aromatic nitrogens is 2. The Balaban J connectivity index is 1.82. The van der Waals surface area contributed by atoms with E-state index in [1.165, 1.54) is 37.8 Å². The summed E-state index contributed by atoms with van der Waals surface area (Å²) in [6.07, 6.45) is 13.4. The monoisotopic (exact) mass is 260 g/mol. The van der Waals surface area contributed by atoms with Crippen LogP contribution in [0.1, 0.15) is 45.4 Å². The van der Waals surface area contributed by atoms with Gasteiger partial charge in [0.25, 0.3) is 0 Å². The minimum atomic E-state index is 0.333. The lowest BCUT2D eigenvalue weighted by atomic mass is 9.79. The van der Waals surface area contributed by atoms with Crippen molar-refractivity contribution in [2.24, 2.45) is 0 Å². The zero-order chi connectivity index (χ0) is 13.1. The average Bonchev–Trinajstić information content (AvgIpc) is 2.49. The molecule has 1 saturated heterocycles. The molecular formula is C15H24N4. The zero-order valence-electron chi connectivity index (χ0n) is 11.8. The molecule has 1 aromatic heterocycles. The molecular weight excluding hydrogens is 236 g/mol. The van der Waals surface area contributed by atoms with Gasteiger partial charge in [-0.3, -0.25) is 0 Å². The summed E-state index contributed by atoms with van der Waals surface area (Å²) in [7, 11) is 0. The predicted molar refractivity (Wildman–Crippen MR) is 77.3 cm³/mol. The van der Waals surface area contributed by atoms with Gasteiger partial charge in [0, 0.05) is 24.7 Å². The molecule has 3 rings (SSSR count). The molecule has 1 aromatic rings. The third kappa shape index (κ3) is 2.59. The number of nitrogens with one attached hydrogen (secondary N) is 1. The van der Waals surface area contributed by atoms with E-state index in [0.29, 0.717) is 11.6 Å². The maximum absolute atomic E-state index is 4.19. The summed E-state index contributed by atoms with van der Waals surface area (Å²) in [6, 6.07) is 0.568. The fourth-order valence-corrected chi connectivity index (χ4v) is 3.63. The summed E-state index contributed by atoms with van der Waals surface area (Å²) in [5, 5.41) is 3.85. The van der Waals surface area contributed by atoms with Gasteiger partial charge in [-0.15, -0.1) is 0 Å². The van der Waals surface area contributed by atoms with E-state index in [1.807, 2.05) is 12.4 Å². The lowest BCUT2D eigenvalue weighted by Gasteiger charge is -2.50. The molecule has 1 spiro atoms. The van der Waals surface area contributed by atoms with Crippen LogP contribution in [0.4, 0.5) is 5.69 Å². The van der Waals surface area contributed by atoms with Crippen LogP contribution in [-0.2, 0) is 0 Å². The Labute approximate surface area is 115 Å². The summed E-state index contributed by atoms with van der Waals surface area (Å²) in [6.45, 7) is 4.46. The normalized spacial score (nSPS) is 26.6. The van der Waals surface area contributed by atoms with Crippen molar-refractivity contribution in [1.82, 2.24) is 15.3 Å². The first-order valence-corrected chi connectivity index (χ1v) is 7.60. The second kappa shape index (κ2) is 5.45. The molecule has 0 amide bonds. The molecule has 1 N–H and O–H groups in total. The predicted octanol–water partition coefficient (Wildman–Crippen LogP) is 2.37. The Morgan fingerprint density at radius 2 is 2.00 bits per heavy atom. The number of piperazine rings is 1. The van der Waals surface area contributed by atoms with Crippen LogP contribution in [-0.4, -0.2) is 34.6 Å². The van der Waals surface area contributed by atoms with Crippen LogP contribution in [0.15, 0.2) is 18.7 Å². The van der Waals surface area contributed by atoms with E-state index in [4.69, 9.17) is 0 Å². The van der Waals surface area contributed by atoms with Gasteiger partial charge in [0.1, 0.15) is 6.33 Å². The van der Waals surface area contributed by atoms with Gasteiger partial charge in [-0.25, -0.2) is 9.97 Å². The Kier molecular flexibility index (Phi) is 3.69. The molecule has 1 aliphatic carbocycles. The second-order valence-electron chi connectivity index (χ2n) is 6.01. The quantitative estimate of drug-likeness (QED) is 0.886. The minimum absolute atomic E-state index is 0.333. The number of hydrogen-bond acceptors (Lipinski definition) is 4. The highest BCUT2D eigenvalue weighted by Gasteiger charge is 2.39. The first-order valence-electron chi connectivity index (χ1n) is 7.60. The number of rotatable bonds is 2. The molecule has 104 valence electrons. The Morgan fingerprint density at radius 1 is 1.26 bits per heavy atom. The van der Waals surface area contributed by atoms with E-state index < -0.39 is 0 Å².